The van der Waals surface area contributed by atoms with Gasteiger partial charge in [0.25, 0.3) is 15.9 Å². The smallest absolute Gasteiger partial charge is 0.252 e. The summed E-state index contributed by atoms with van der Waals surface area (Å²) in [5.41, 5.74) is 0.876. The Labute approximate surface area is 188 Å². The van der Waals surface area contributed by atoms with Crippen LogP contribution in [0.3, 0.4) is 0 Å². The first-order valence-corrected chi connectivity index (χ1v) is 12.8. The molecule has 1 amide bonds. The SMILES string of the molecule is C#CCn1c(=NC(=O)C2CCCN(S(=O)(=O)c3cccs3)C2)sc2cc(OC)ccc21. The van der Waals surface area contributed by atoms with Gasteiger partial charge in [0.05, 0.1) is 29.8 Å². The van der Waals surface area contributed by atoms with E-state index < -0.39 is 15.9 Å². The Kier molecular flexibility index (Phi) is 6.29. The fourth-order valence-electron chi connectivity index (χ4n) is 3.60. The highest BCUT2D eigenvalue weighted by Crippen LogP contribution is 2.27. The molecule has 2 aromatic heterocycles. The van der Waals surface area contributed by atoms with Crippen molar-refractivity contribution in [2.75, 3.05) is 20.2 Å². The molecule has 10 heteroatoms. The fourth-order valence-corrected chi connectivity index (χ4v) is 7.33. The van der Waals surface area contributed by atoms with Gasteiger partial charge in [-0.05, 0) is 42.5 Å². The lowest BCUT2D eigenvalue weighted by atomic mass is 9.99. The molecular weight excluding hydrogens is 454 g/mol. The fraction of sp³-hybridized carbons (Fsp3) is 0.333. The summed E-state index contributed by atoms with van der Waals surface area (Å²) in [6, 6.07) is 8.90. The molecule has 0 spiro atoms. The number of piperidine rings is 1. The van der Waals surface area contributed by atoms with Crippen molar-refractivity contribution in [1.29, 1.82) is 0 Å². The van der Waals surface area contributed by atoms with Crippen molar-refractivity contribution < 1.29 is 17.9 Å². The summed E-state index contributed by atoms with van der Waals surface area (Å²) in [5.74, 6) is 2.51. The monoisotopic (exact) mass is 475 g/mol. The van der Waals surface area contributed by atoms with Gasteiger partial charge >= 0.3 is 0 Å². The molecule has 0 N–H and O–H groups in total. The Hall–Kier alpha value is -2.45. The maximum absolute atomic E-state index is 13.0. The molecule has 0 saturated carbocycles. The van der Waals surface area contributed by atoms with Crippen LogP contribution in [0.2, 0.25) is 0 Å². The van der Waals surface area contributed by atoms with Crippen molar-refractivity contribution in [2.24, 2.45) is 10.9 Å². The van der Waals surface area contributed by atoms with Crippen LogP contribution < -0.4 is 9.54 Å². The summed E-state index contributed by atoms with van der Waals surface area (Å²) in [4.78, 5) is 17.9. The minimum atomic E-state index is -3.59. The van der Waals surface area contributed by atoms with Crippen LogP contribution in [0.25, 0.3) is 10.2 Å². The van der Waals surface area contributed by atoms with Crippen LogP contribution in [0.4, 0.5) is 0 Å². The van der Waals surface area contributed by atoms with Gasteiger partial charge in [-0.3, -0.25) is 4.79 Å². The molecule has 0 radical (unpaired) electrons. The lowest BCUT2D eigenvalue weighted by Gasteiger charge is -2.29. The predicted octanol–water partition coefficient (Wildman–Crippen LogP) is 2.93. The van der Waals surface area contributed by atoms with Gasteiger partial charge in [-0.15, -0.1) is 17.8 Å². The van der Waals surface area contributed by atoms with E-state index in [1.165, 1.54) is 27.0 Å². The van der Waals surface area contributed by atoms with Crippen molar-refractivity contribution >= 4 is 48.8 Å². The lowest BCUT2D eigenvalue weighted by molar-refractivity contribution is -0.122. The highest BCUT2D eigenvalue weighted by molar-refractivity contribution is 7.91. The van der Waals surface area contributed by atoms with Crippen LogP contribution in [-0.2, 0) is 21.4 Å². The zero-order valence-corrected chi connectivity index (χ0v) is 19.3. The number of terminal acetylenes is 1. The lowest BCUT2D eigenvalue weighted by Crippen LogP contribution is -2.42. The van der Waals surface area contributed by atoms with Gasteiger partial charge in [-0.1, -0.05) is 23.3 Å². The number of sulfonamides is 1. The maximum Gasteiger partial charge on any atom is 0.252 e. The van der Waals surface area contributed by atoms with Crippen molar-refractivity contribution in [3.8, 4) is 18.1 Å². The summed E-state index contributed by atoms with van der Waals surface area (Å²) in [5, 5.41) is 1.73. The third-order valence-corrected chi connectivity index (χ3v) is 9.45. The number of nitrogens with zero attached hydrogens (tertiary/aromatic N) is 3. The summed E-state index contributed by atoms with van der Waals surface area (Å²) in [7, 11) is -1.99. The first-order valence-electron chi connectivity index (χ1n) is 9.67. The first kappa shape index (κ1) is 21.8. The standard InChI is InChI=1S/C21H21N3O4S3/c1-3-10-24-17-9-8-16(28-2)13-18(17)30-21(24)22-20(25)15-6-4-11-23(14-15)31(26,27)19-7-5-12-29-19/h1,5,7-9,12-13,15H,4,6,10-11,14H2,2H3. The van der Waals surface area contributed by atoms with Crippen molar-refractivity contribution in [2.45, 2.75) is 23.6 Å². The molecule has 7 nitrogen and oxygen atoms in total. The Bertz CT molecular complexity index is 1310. The first-order chi connectivity index (χ1) is 14.9. The zero-order chi connectivity index (χ0) is 22.0. The average Bonchev–Trinajstić information content (AvgIpc) is 3.43. The van der Waals surface area contributed by atoms with Gasteiger partial charge in [0.15, 0.2) is 4.80 Å². The molecule has 1 aliphatic rings. The molecule has 31 heavy (non-hydrogen) atoms. The number of hydrogen-bond donors (Lipinski definition) is 0. The van der Waals surface area contributed by atoms with E-state index >= 15 is 0 Å². The summed E-state index contributed by atoms with van der Waals surface area (Å²) >= 11 is 2.54. The summed E-state index contributed by atoms with van der Waals surface area (Å²) in [6.45, 7) is 0.822. The number of hydrogen-bond acceptors (Lipinski definition) is 6. The van der Waals surface area contributed by atoms with E-state index in [0.717, 1.165) is 10.2 Å². The molecule has 0 aliphatic carbocycles. The third-order valence-electron chi connectivity index (χ3n) is 5.17. The molecule has 0 bridgehead atoms. The third kappa shape index (κ3) is 4.32. The quantitative estimate of drug-likeness (QED) is 0.532. The molecule has 1 fully saturated rings. The Morgan fingerprint density at radius 1 is 1.39 bits per heavy atom. The van der Waals surface area contributed by atoms with Gasteiger partial charge < -0.3 is 9.30 Å². The molecule has 1 aromatic carbocycles. The molecule has 1 atom stereocenters. The molecule has 3 heterocycles. The highest BCUT2D eigenvalue weighted by Gasteiger charge is 2.33. The number of carbonyl (C=O) groups is 1. The van der Waals surface area contributed by atoms with Crippen LogP contribution in [0.1, 0.15) is 12.8 Å². The second kappa shape index (κ2) is 8.96. The molecule has 1 saturated heterocycles. The number of ether oxygens (including phenoxy) is 1. The van der Waals surface area contributed by atoms with Gasteiger partial charge in [0, 0.05) is 13.1 Å². The van der Waals surface area contributed by atoms with Crippen molar-refractivity contribution in [3.05, 3.63) is 40.5 Å². The Morgan fingerprint density at radius 3 is 2.94 bits per heavy atom. The normalized spacial score (nSPS) is 18.2. The highest BCUT2D eigenvalue weighted by atomic mass is 32.2. The minimum Gasteiger partial charge on any atom is -0.497 e. The van der Waals surface area contributed by atoms with Crippen LogP contribution in [0.5, 0.6) is 5.75 Å². The van der Waals surface area contributed by atoms with E-state index in [4.69, 9.17) is 11.2 Å². The second-order valence-electron chi connectivity index (χ2n) is 7.09. The number of amides is 1. The largest absolute Gasteiger partial charge is 0.497 e. The number of benzene rings is 1. The number of carbonyl (C=O) groups excluding carboxylic acids is 1. The Balaban J connectivity index is 1.64. The summed E-state index contributed by atoms with van der Waals surface area (Å²) < 4.78 is 35.4. The summed E-state index contributed by atoms with van der Waals surface area (Å²) in [6.07, 6.45) is 6.75. The van der Waals surface area contributed by atoms with Gasteiger partial charge in [0.2, 0.25) is 0 Å². The van der Waals surface area contributed by atoms with Gasteiger partial charge in [0.1, 0.15) is 9.96 Å². The zero-order valence-electron chi connectivity index (χ0n) is 16.9. The average molecular weight is 476 g/mol. The molecule has 162 valence electrons. The number of rotatable bonds is 5. The molecule has 1 aliphatic heterocycles. The number of methoxy groups -OCH3 is 1. The van der Waals surface area contributed by atoms with Crippen molar-refractivity contribution in [3.63, 3.8) is 0 Å². The van der Waals surface area contributed by atoms with E-state index in [9.17, 15) is 13.2 Å². The number of thiophene rings is 1. The molecule has 1 unspecified atom stereocenters. The van der Waals surface area contributed by atoms with Crippen LogP contribution >= 0.6 is 22.7 Å². The Morgan fingerprint density at radius 2 is 2.23 bits per heavy atom. The van der Waals surface area contributed by atoms with E-state index in [1.54, 1.807) is 24.6 Å². The van der Waals surface area contributed by atoms with Crippen LogP contribution in [0.15, 0.2) is 44.9 Å². The van der Waals surface area contributed by atoms with Crippen LogP contribution in [-0.4, -0.2) is 43.4 Å². The number of fused-ring (bicyclic) bond motifs is 1. The van der Waals surface area contributed by atoms with E-state index in [1.807, 2.05) is 22.8 Å². The van der Waals surface area contributed by atoms with E-state index in [0.29, 0.717) is 34.1 Å². The maximum atomic E-state index is 13.0. The number of aromatic nitrogens is 1. The van der Waals surface area contributed by atoms with Crippen molar-refractivity contribution in [1.82, 2.24) is 8.87 Å². The minimum absolute atomic E-state index is 0.135. The second-order valence-corrected chi connectivity index (χ2v) is 11.2. The topological polar surface area (TPSA) is 81.0 Å². The van der Waals surface area contributed by atoms with Gasteiger partial charge in [-0.2, -0.15) is 9.30 Å². The van der Waals surface area contributed by atoms with E-state index in [2.05, 4.69) is 10.9 Å². The molecular formula is C21H21N3O4S3. The number of thiazole rings is 1. The molecule has 4 rings (SSSR count). The van der Waals surface area contributed by atoms with Gasteiger partial charge in [-0.25, -0.2) is 8.42 Å². The molecule has 3 aromatic rings. The van der Waals surface area contributed by atoms with Crippen LogP contribution in [0, 0.1) is 18.3 Å². The van der Waals surface area contributed by atoms with E-state index in [-0.39, 0.29) is 19.0 Å². The predicted molar refractivity (Wildman–Crippen MR) is 122 cm³/mol.